The number of anilines is 1. The van der Waals surface area contributed by atoms with Crippen molar-refractivity contribution in [2.75, 3.05) is 5.32 Å². The van der Waals surface area contributed by atoms with Gasteiger partial charge in [0.25, 0.3) is 0 Å². The quantitative estimate of drug-likeness (QED) is 0.233. The summed E-state index contributed by atoms with van der Waals surface area (Å²) in [5.74, 6) is -0.893. The van der Waals surface area contributed by atoms with Gasteiger partial charge in [0.2, 0.25) is 0 Å². The fourth-order valence-corrected chi connectivity index (χ4v) is 4.56. The number of carboxylic acid groups (broad SMARTS) is 1. The van der Waals surface area contributed by atoms with Gasteiger partial charge in [-0.3, -0.25) is 9.48 Å². The van der Waals surface area contributed by atoms with Crippen molar-refractivity contribution >= 4 is 22.6 Å². The fourth-order valence-electron chi connectivity index (χ4n) is 4.56. The van der Waals surface area contributed by atoms with Gasteiger partial charge < -0.3 is 10.4 Å². The highest BCUT2D eigenvalue weighted by atomic mass is 19.4. The first-order valence-corrected chi connectivity index (χ1v) is 12.0. The van der Waals surface area contributed by atoms with Gasteiger partial charge in [0.05, 0.1) is 24.2 Å². The standard InChI is InChI=1S/C30H24F3N3O2/c31-30(32,33)26-14-6-13-25-28(26)35-36(19-20-7-2-1-3-8-20)29(25)23-11-5-12-24(17-23)34-18-22-10-4-9-21(15-22)16-27(37)38/h1-15,17,34H,16,18-19H2,(H,37,38). The molecule has 0 unspecified atom stereocenters. The second kappa shape index (κ2) is 10.4. The summed E-state index contributed by atoms with van der Waals surface area (Å²) in [7, 11) is 0. The Bertz CT molecular complexity index is 1590. The molecule has 0 bridgehead atoms. The van der Waals surface area contributed by atoms with Crippen LogP contribution < -0.4 is 5.32 Å². The van der Waals surface area contributed by atoms with Gasteiger partial charge in [-0.2, -0.15) is 18.3 Å². The lowest BCUT2D eigenvalue weighted by Crippen LogP contribution is -2.07. The van der Waals surface area contributed by atoms with Crippen LogP contribution in [0, 0.1) is 0 Å². The Hall–Kier alpha value is -4.59. The summed E-state index contributed by atoms with van der Waals surface area (Å²) >= 11 is 0. The van der Waals surface area contributed by atoms with Crippen LogP contribution in [0.15, 0.2) is 97.1 Å². The molecule has 0 aliphatic carbocycles. The van der Waals surface area contributed by atoms with Crippen molar-refractivity contribution in [3.8, 4) is 11.3 Å². The van der Waals surface area contributed by atoms with E-state index in [9.17, 15) is 18.0 Å². The number of fused-ring (bicyclic) bond motifs is 1. The van der Waals surface area contributed by atoms with E-state index in [4.69, 9.17) is 5.11 Å². The maximum atomic E-state index is 13.8. The highest BCUT2D eigenvalue weighted by molar-refractivity contribution is 5.95. The molecule has 0 saturated carbocycles. The Balaban J connectivity index is 1.52. The largest absolute Gasteiger partial charge is 0.481 e. The molecule has 4 aromatic carbocycles. The van der Waals surface area contributed by atoms with Crippen molar-refractivity contribution < 1.29 is 23.1 Å². The third-order valence-corrected chi connectivity index (χ3v) is 6.23. The number of aliphatic carboxylic acids is 1. The van der Waals surface area contributed by atoms with Crippen molar-refractivity contribution in [2.24, 2.45) is 0 Å². The number of carbonyl (C=O) groups is 1. The maximum Gasteiger partial charge on any atom is 0.418 e. The maximum absolute atomic E-state index is 13.8. The molecule has 192 valence electrons. The third kappa shape index (κ3) is 5.54. The van der Waals surface area contributed by atoms with Crippen molar-refractivity contribution in [3.63, 3.8) is 0 Å². The molecule has 0 spiro atoms. The summed E-state index contributed by atoms with van der Waals surface area (Å²) in [5.41, 5.74) is 3.81. The van der Waals surface area contributed by atoms with E-state index < -0.39 is 17.7 Å². The molecule has 0 saturated heterocycles. The predicted molar refractivity (Wildman–Crippen MR) is 141 cm³/mol. The van der Waals surface area contributed by atoms with Crippen LogP contribution in [0.2, 0.25) is 0 Å². The number of nitrogens with zero attached hydrogens (tertiary/aromatic N) is 2. The molecule has 1 aromatic heterocycles. The molecule has 0 radical (unpaired) electrons. The van der Waals surface area contributed by atoms with Crippen molar-refractivity contribution in [1.82, 2.24) is 9.78 Å². The first-order chi connectivity index (χ1) is 18.3. The Morgan fingerprint density at radius 2 is 1.55 bits per heavy atom. The Kier molecular flexibility index (Phi) is 6.87. The summed E-state index contributed by atoms with van der Waals surface area (Å²) in [6.45, 7) is 0.773. The number of rotatable bonds is 8. The van der Waals surface area contributed by atoms with E-state index in [2.05, 4.69) is 10.4 Å². The first-order valence-electron chi connectivity index (χ1n) is 12.0. The van der Waals surface area contributed by atoms with Gasteiger partial charge in [0, 0.05) is 23.2 Å². The SMILES string of the molecule is O=C(O)Cc1cccc(CNc2cccc(-c3c4cccc(C(F)(F)F)c4nn3Cc3ccccc3)c2)c1. The van der Waals surface area contributed by atoms with Gasteiger partial charge in [0.1, 0.15) is 5.52 Å². The molecule has 5 aromatic rings. The topological polar surface area (TPSA) is 67.2 Å². The Labute approximate surface area is 217 Å². The minimum absolute atomic E-state index is 0.0539. The summed E-state index contributed by atoms with van der Waals surface area (Å²) in [6.07, 6.45) is -4.58. The van der Waals surface area contributed by atoms with Crippen LogP contribution in [0.25, 0.3) is 22.2 Å². The van der Waals surface area contributed by atoms with E-state index in [1.54, 1.807) is 16.8 Å². The molecule has 0 aliphatic rings. The van der Waals surface area contributed by atoms with Crippen LogP contribution in [-0.4, -0.2) is 20.9 Å². The van der Waals surface area contributed by atoms with Crippen molar-refractivity contribution in [1.29, 1.82) is 0 Å². The number of hydrogen-bond acceptors (Lipinski definition) is 3. The average Bonchev–Trinajstić information content (AvgIpc) is 3.25. The number of benzene rings is 4. The minimum Gasteiger partial charge on any atom is -0.481 e. The summed E-state index contributed by atoms with van der Waals surface area (Å²) in [4.78, 5) is 11.0. The third-order valence-electron chi connectivity index (χ3n) is 6.23. The van der Waals surface area contributed by atoms with Gasteiger partial charge in [0.15, 0.2) is 0 Å². The zero-order chi connectivity index (χ0) is 26.7. The van der Waals surface area contributed by atoms with Gasteiger partial charge in [-0.25, -0.2) is 0 Å². The number of carboxylic acids is 1. The lowest BCUT2D eigenvalue weighted by molar-refractivity contribution is -0.137. The Morgan fingerprint density at radius 3 is 2.32 bits per heavy atom. The van der Waals surface area contributed by atoms with E-state index in [1.165, 1.54) is 6.07 Å². The molecule has 0 amide bonds. The number of alkyl halides is 3. The molecule has 5 nitrogen and oxygen atoms in total. The summed E-state index contributed by atoms with van der Waals surface area (Å²) in [5, 5.41) is 17.3. The van der Waals surface area contributed by atoms with Crippen molar-refractivity contribution in [3.05, 3.63) is 119 Å². The molecular formula is C30H24F3N3O2. The summed E-state index contributed by atoms with van der Waals surface area (Å²) < 4.78 is 43.1. The predicted octanol–water partition coefficient (Wildman–Crippen LogP) is 7.01. The van der Waals surface area contributed by atoms with E-state index in [1.807, 2.05) is 72.8 Å². The molecule has 38 heavy (non-hydrogen) atoms. The number of nitrogens with one attached hydrogen (secondary N) is 1. The van der Waals surface area contributed by atoms with E-state index >= 15 is 0 Å². The van der Waals surface area contributed by atoms with Crippen LogP contribution in [0.5, 0.6) is 0 Å². The Morgan fingerprint density at radius 1 is 0.842 bits per heavy atom. The van der Waals surface area contributed by atoms with Crippen LogP contribution in [0.1, 0.15) is 22.3 Å². The number of aromatic nitrogens is 2. The second-order valence-corrected chi connectivity index (χ2v) is 9.02. The van der Waals surface area contributed by atoms with Gasteiger partial charge in [-0.15, -0.1) is 0 Å². The summed E-state index contributed by atoms with van der Waals surface area (Å²) in [6, 6.07) is 28.4. The van der Waals surface area contributed by atoms with Crippen LogP contribution >= 0.6 is 0 Å². The normalized spacial score (nSPS) is 11.6. The van der Waals surface area contributed by atoms with Crippen LogP contribution in [0.4, 0.5) is 18.9 Å². The molecular weight excluding hydrogens is 491 g/mol. The van der Waals surface area contributed by atoms with E-state index in [-0.39, 0.29) is 11.9 Å². The molecule has 8 heteroatoms. The van der Waals surface area contributed by atoms with Crippen LogP contribution in [-0.2, 0) is 30.5 Å². The molecule has 1 heterocycles. The smallest absolute Gasteiger partial charge is 0.418 e. The molecule has 0 aliphatic heterocycles. The second-order valence-electron chi connectivity index (χ2n) is 9.02. The highest BCUT2D eigenvalue weighted by Crippen LogP contribution is 2.38. The van der Waals surface area contributed by atoms with Gasteiger partial charge in [-0.05, 0) is 34.9 Å². The monoisotopic (exact) mass is 515 g/mol. The molecule has 5 rings (SSSR count). The minimum atomic E-state index is -4.53. The molecule has 0 atom stereocenters. The first kappa shape index (κ1) is 25.1. The zero-order valence-corrected chi connectivity index (χ0v) is 20.2. The lowest BCUT2D eigenvalue weighted by Gasteiger charge is -2.12. The zero-order valence-electron chi connectivity index (χ0n) is 20.2. The molecule has 0 fully saturated rings. The molecule has 2 N–H and O–H groups in total. The van der Waals surface area contributed by atoms with Crippen LogP contribution in [0.3, 0.4) is 0 Å². The van der Waals surface area contributed by atoms with E-state index in [0.29, 0.717) is 29.7 Å². The number of hydrogen-bond donors (Lipinski definition) is 2. The van der Waals surface area contributed by atoms with Crippen molar-refractivity contribution in [2.45, 2.75) is 25.7 Å². The fraction of sp³-hybridized carbons (Fsp3) is 0.133. The lowest BCUT2D eigenvalue weighted by atomic mass is 10.0. The van der Waals surface area contributed by atoms with Gasteiger partial charge in [-0.1, -0.05) is 78.9 Å². The van der Waals surface area contributed by atoms with E-state index in [0.717, 1.165) is 28.4 Å². The average molecular weight is 516 g/mol. The highest BCUT2D eigenvalue weighted by Gasteiger charge is 2.34. The number of halogens is 3. The van der Waals surface area contributed by atoms with Gasteiger partial charge >= 0.3 is 12.1 Å².